The number of aromatic nitrogens is 2. The molecule has 1 fully saturated rings. The molecule has 1 saturated heterocycles. The Morgan fingerprint density at radius 2 is 1.79 bits per heavy atom. The van der Waals surface area contributed by atoms with Gasteiger partial charge in [-0.3, -0.25) is 4.79 Å². The highest BCUT2D eigenvalue weighted by Gasteiger charge is 2.36. The fourth-order valence-corrected chi connectivity index (χ4v) is 2.99. The molecule has 0 atom stereocenters. The van der Waals surface area contributed by atoms with E-state index >= 15 is 0 Å². The van der Waals surface area contributed by atoms with Crippen molar-refractivity contribution in [2.75, 3.05) is 31.1 Å². The smallest absolute Gasteiger partial charge is 0.417 e. The Bertz CT molecular complexity index is 834. The lowest BCUT2D eigenvalue weighted by Crippen LogP contribution is -2.49. The second kappa shape index (κ2) is 8.04. The maximum absolute atomic E-state index is 13.2. The summed E-state index contributed by atoms with van der Waals surface area (Å²) in [5, 5.41) is 0. The van der Waals surface area contributed by atoms with Crippen LogP contribution in [0.3, 0.4) is 0 Å². The molecule has 150 valence electrons. The number of hydrogen-bond donors (Lipinski definition) is 0. The molecule has 6 nitrogen and oxygen atoms in total. The topological polar surface area (TPSA) is 58.6 Å². The molecule has 1 aromatic heterocycles. The molecule has 0 saturated carbocycles. The molecular weight excluding hydrogens is 373 g/mol. The lowest BCUT2D eigenvalue weighted by Gasteiger charge is -2.35. The zero-order valence-corrected chi connectivity index (χ0v) is 15.6. The number of amides is 1. The molecule has 0 radical (unpaired) electrons. The third-order valence-electron chi connectivity index (χ3n) is 4.29. The van der Waals surface area contributed by atoms with Gasteiger partial charge in [0, 0.05) is 38.4 Å². The number of ether oxygens (including phenoxy) is 1. The largest absolute Gasteiger partial charge is 0.475 e. The van der Waals surface area contributed by atoms with Crippen LogP contribution < -0.4 is 9.64 Å². The summed E-state index contributed by atoms with van der Waals surface area (Å²) in [7, 11) is 0. The van der Waals surface area contributed by atoms with E-state index in [1.165, 1.54) is 23.1 Å². The van der Waals surface area contributed by atoms with Gasteiger partial charge in [0.2, 0.25) is 11.8 Å². The molecule has 1 aromatic carbocycles. The van der Waals surface area contributed by atoms with Gasteiger partial charge in [-0.2, -0.15) is 18.2 Å². The summed E-state index contributed by atoms with van der Waals surface area (Å²) in [6, 6.07) is 6.52. The van der Waals surface area contributed by atoms with Gasteiger partial charge in [0.15, 0.2) is 0 Å². The van der Waals surface area contributed by atoms with Crippen molar-refractivity contribution in [1.82, 2.24) is 14.9 Å². The van der Waals surface area contributed by atoms with Crippen LogP contribution >= 0.6 is 0 Å². The Morgan fingerprint density at radius 1 is 1.11 bits per heavy atom. The molecule has 2 aromatic rings. The van der Waals surface area contributed by atoms with Gasteiger partial charge in [-0.15, -0.1) is 0 Å². The van der Waals surface area contributed by atoms with Gasteiger partial charge in [-0.25, -0.2) is 4.98 Å². The first-order valence-electron chi connectivity index (χ1n) is 8.96. The summed E-state index contributed by atoms with van der Waals surface area (Å²) < 4.78 is 45.1. The molecule has 28 heavy (non-hydrogen) atoms. The summed E-state index contributed by atoms with van der Waals surface area (Å²) >= 11 is 0. The van der Waals surface area contributed by atoms with Crippen molar-refractivity contribution in [2.24, 2.45) is 0 Å². The summed E-state index contributed by atoms with van der Waals surface area (Å²) in [4.78, 5) is 24.5. The van der Waals surface area contributed by atoms with Crippen LogP contribution in [-0.4, -0.2) is 53.1 Å². The van der Waals surface area contributed by atoms with Crippen molar-refractivity contribution in [1.29, 1.82) is 0 Å². The van der Waals surface area contributed by atoms with Gasteiger partial charge < -0.3 is 14.5 Å². The van der Waals surface area contributed by atoms with Crippen molar-refractivity contribution in [3.63, 3.8) is 0 Å². The number of hydrogen-bond acceptors (Lipinski definition) is 5. The molecule has 0 N–H and O–H groups in total. The molecule has 3 rings (SSSR count). The van der Waals surface area contributed by atoms with Crippen LogP contribution in [0.25, 0.3) is 0 Å². The molecule has 1 amide bonds. The number of rotatable bonds is 4. The van der Waals surface area contributed by atoms with Crippen molar-refractivity contribution < 1.29 is 22.7 Å². The quantitative estimate of drug-likeness (QED) is 0.797. The minimum absolute atomic E-state index is 0.0223. The number of anilines is 1. The minimum atomic E-state index is -4.57. The van der Waals surface area contributed by atoms with Crippen LogP contribution in [0, 0.1) is 0 Å². The zero-order valence-electron chi connectivity index (χ0n) is 15.6. The number of piperazine rings is 1. The first-order chi connectivity index (χ1) is 13.3. The first kappa shape index (κ1) is 19.9. The Balaban J connectivity index is 1.69. The predicted octanol–water partition coefficient (Wildman–Crippen LogP) is 3.25. The number of halogens is 3. The molecule has 9 heteroatoms. The van der Waals surface area contributed by atoms with Crippen molar-refractivity contribution in [3.8, 4) is 5.88 Å². The number of alkyl halides is 3. The van der Waals surface area contributed by atoms with Crippen LogP contribution in [0.2, 0.25) is 0 Å². The highest BCUT2D eigenvalue weighted by atomic mass is 19.4. The molecule has 1 aliphatic heterocycles. The minimum Gasteiger partial charge on any atom is -0.475 e. The zero-order chi connectivity index (χ0) is 20.3. The van der Waals surface area contributed by atoms with Crippen LogP contribution in [-0.2, 0) is 6.18 Å². The van der Waals surface area contributed by atoms with E-state index in [4.69, 9.17) is 4.74 Å². The van der Waals surface area contributed by atoms with E-state index in [9.17, 15) is 18.0 Å². The fourth-order valence-electron chi connectivity index (χ4n) is 2.99. The average Bonchev–Trinajstić information content (AvgIpc) is 2.66. The maximum Gasteiger partial charge on any atom is 0.417 e. The Hall–Kier alpha value is -2.84. The molecule has 1 aliphatic rings. The highest BCUT2D eigenvalue weighted by Crippen LogP contribution is 2.32. The van der Waals surface area contributed by atoms with E-state index in [1.54, 1.807) is 12.3 Å². The fraction of sp³-hybridized carbons (Fsp3) is 0.421. The van der Waals surface area contributed by atoms with E-state index in [2.05, 4.69) is 9.97 Å². The van der Waals surface area contributed by atoms with Gasteiger partial charge in [-0.1, -0.05) is 12.1 Å². The van der Waals surface area contributed by atoms with Gasteiger partial charge in [0.05, 0.1) is 17.2 Å². The summed E-state index contributed by atoms with van der Waals surface area (Å²) in [6.07, 6.45) is -3.00. The lowest BCUT2D eigenvalue weighted by molar-refractivity contribution is -0.138. The summed E-state index contributed by atoms with van der Waals surface area (Å²) in [6.45, 7) is 5.19. The van der Waals surface area contributed by atoms with Crippen molar-refractivity contribution in [3.05, 3.63) is 47.7 Å². The Morgan fingerprint density at radius 3 is 2.43 bits per heavy atom. The van der Waals surface area contributed by atoms with E-state index in [-0.39, 0.29) is 24.8 Å². The second-order valence-electron chi connectivity index (χ2n) is 6.68. The highest BCUT2D eigenvalue weighted by molar-refractivity contribution is 5.96. The summed E-state index contributed by atoms with van der Waals surface area (Å²) in [5.74, 6) is 0.309. The molecule has 2 heterocycles. The number of nitrogens with zero attached hydrogens (tertiary/aromatic N) is 4. The van der Waals surface area contributed by atoms with Gasteiger partial charge in [0.25, 0.3) is 5.91 Å². The molecule has 0 unspecified atom stereocenters. The van der Waals surface area contributed by atoms with Gasteiger partial charge in [0.1, 0.15) is 0 Å². The van der Waals surface area contributed by atoms with Gasteiger partial charge in [-0.05, 0) is 26.0 Å². The standard InChI is InChI=1S/C19H21F3N4O2/c1-13(2)28-16-7-8-23-18(24-16)26-11-9-25(10-12-26)17(27)14-5-3-4-6-15(14)19(20,21)22/h3-8,13H,9-12H2,1-2H3. The van der Waals surface area contributed by atoms with Gasteiger partial charge >= 0.3 is 6.18 Å². The third-order valence-corrected chi connectivity index (χ3v) is 4.29. The van der Waals surface area contributed by atoms with Crippen LogP contribution in [0.15, 0.2) is 36.5 Å². The first-order valence-corrected chi connectivity index (χ1v) is 8.96. The Labute approximate surface area is 160 Å². The summed E-state index contributed by atoms with van der Waals surface area (Å²) in [5.41, 5.74) is -1.24. The molecule has 0 bridgehead atoms. The monoisotopic (exact) mass is 394 g/mol. The van der Waals surface area contributed by atoms with Crippen molar-refractivity contribution in [2.45, 2.75) is 26.1 Å². The van der Waals surface area contributed by atoms with Crippen LogP contribution in [0.1, 0.15) is 29.8 Å². The van der Waals surface area contributed by atoms with Crippen molar-refractivity contribution >= 4 is 11.9 Å². The molecule has 0 aliphatic carbocycles. The van der Waals surface area contributed by atoms with E-state index in [0.717, 1.165) is 6.07 Å². The lowest BCUT2D eigenvalue weighted by atomic mass is 10.1. The third kappa shape index (κ3) is 4.52. The number of benzene rings is 1. The van der Waals surface area contributed by atoms with E-state index in [1.807, 2.05) is 18.7 Å². The number of carbonyl (C=O) groups is 1. The maximum atomic E-state index is 13.2. The molecular formula is C19H21F3N4O2. The van der Waals surface area contributed by atoms with Crippen LogP contribution in [0.5, 0.6) is 5.88 Å². The number of carbonyl (C=O) groups excluding carboxylic acids is 1. The Kier molecular flexibility index (Phi) is 5.71. The molecule has 0 spiro atoms. The normalized spacial score (nSPS) is 15.1. The van der Waals surface area contributed by atoms with Crippen LogP contribution in [0.4, 0.5) is 19.1 Å². The van der Waals surface area contributed by atoms with E-state index < -0.39 is 17.6 Å². The van der Waals surface area contributed by atoms with E-state index in [0.29, 0.717) is 24.9 Å². The average molecular weight is 394 g/mol. The SMILES string of the molecule is CC(C)Oc1ccnc(N2CCN(C(=O)c3ccccc3C(F)(F)F)CC2)n1. The second-order valence-corrected chi connectivity index (χ2v) is 6.68. The predicted molar refractivity (Wildman–Crippen MR) is 97.4 cm³/mol.